The van der Waals surface area contributed by atoms with Crippen LogP contribution in [0.15, 0.2) is 24.3 Å². The minimum Gasteiger partial charge on any atom is -0.465 e. The van der Waals surface area contributed by atoms with E-state index >= 15 is 0 Å². The van der Waals surface area contributed by atoms with E-state index in [1.165, 1.54) is 7.11 Å². The van der Waals surface area contributed by atoms with Gasteiger partial charge >= 0.3 is 5.97 Å². The highest BCUT2D eigenvalue weighted by atomic mass is 16.5. The van der Waals surface area contributed by atoms with Crippen LogP contribution in [0.5, 0.6) is 0 Å². The number of hydrogen-bond acceptors (Lipinski definition) is 4. The summed E-state index contributed by atoms with van der Waals surface area (Å²) in [5, 5.41) is 2.80. The molecule has 6 heteroatoms. The summed E-state index contributed by atoms with van der Waals surface area (Å²) in [7, 11) is 1.31. The number of hydrogen-bond donors (Lipinski definition) is 1. The van der Waals surface area contributed by atoms with Crippen molar-refractivity contribution in [3.63, 3.8) is 0 Å². The molecule has 1 saturated carbocycles. The molecular formula is C19H24N2O4. The zero-order valence-corrected chi connectivity index (χ0v) is 14.7. The van der Waals surface area contributed by atoms with Gasteiger partial charge in [-0.25, -0.2) is 4.79 Å². The number of nitrogens with zero attached hydrogens (tertiary/aromatic N) is 1. The van der Waals surface area contributed by atoms with Crippen LogP contribution in [0, 0.1) is 11.3 Å². The Bertz CT molecular complexity index is 688. The minimum atomic E-state index is -0.929. The zero-order valence-electron chi connectivity index (χ0n) is 14.7. The molecule has 2 amide bonds. The van der Waals surface area contributed by atoms with E-state index < -0.39 is 11.4 Å². The Kier molecular flexibility index (Phi) is 4.79. The van der Waals surface area contributed by atoms with Crippen molar-refractivity contribution in [2.45, 2.75) is 32.6 Å². The van der Waals surface area contributed by atoms with E-state index in [0.717, 1.165) is 25.9 Å². The normalized spacial score (nSPS) is 19.2. The lowest BCUT2D eigenvalue weighted by Crippen LogP contribution is -2.46. The first-order chi connectivity index (χ1) is 12.0. The molecule has 2 fully saturated rings. The summed E-state index contributed by atoms with van der Waals surface area (Å²) in [4.78, 5) is 39.0. The van der Waals surface area contributed by atoms with Gasteiger partial charge in [0, 0.05) is 18.8 Å². The van der Waals surface area contributed by atoms with Crippen LogP contribution >= 0.6 is 0 Å². The summed E-state index contributed by atoms with van der Waals surface area (Å²) < 4.78 is 4.69. The second-order valence-corrected chi connectivity index (χ2v) is 7.08. The summed E-state index contributed by atoms with van der Waals surface area (Å²) in [6.45, 7) is 3.65. The van der Waals surface area contributed by atoms with Crippen LogP contribution in [0.4, 0.5) is 5.69 Å². The lowest BCUT2D eigenvalue weighted by Gasteiger charge is -2.32. The molecule has 1 heterocycles. The zero-order chi connectivity index (χ0) is 18.0. The molecule has 2 aliphatic rings. The molecule has 0 spiro atoms. The van der Waals surface area contributed by atoms with Gasteiger partial charge in [-0.2, -0.15) is 0 Å². The number of anilines is 1. The summed E-state index contributed by atoms with van der Waals surface area (Å²) in [6.07, 6.45) is 3.15. The van der Waals surface area contributed by atoms with Crippen molar-refractivity contribution >= 4 is 23.5 Å². The van der Waals surface area contributed by atoms with Crippen molar-refractivity contribution in [3.8, 4) is 0 Å². The number of benzene rings is 1. The second kappa shape index (κ2) is 6.86. The summed E-state index contributed by atoms with van der Waals surface area (Å²) in [6, 6.07) is 6.56. The van der Waals surface area contributed by atoms with Crippen molar-refractivity contribution < 1.29 is 19.1 Å². The number of carbonyl (C=O) groups is 3. The largest absolute Gasteiger partial charge is 0.465 e. The molecule has 0 aromatic heterocycles. The highest BCUT2D eigenvalue weighted by molar-refractivity contribution is 6.13. The number of methoxy groups -OCH3 is 1. The quantitative estimate of drug-likeness (QED) is 0.672. The van der Waals surface area contributed by atoms with E-state index in [2.05, 4.69) is 17.0 Å². The smallest absolute Gasteiger partial charge is 0.337 e. The number of amides is 2. The molecular weight excluding hydrogens is 320 g/mol. The maximum atomic E-state index is 12.8. The second-order valence-electron chi connectivity index (χ2n) is 7.08. The van der Waals surface area contributed by atoms with E-state index in [9.17, 15) is 14.4 Å². The van der Waals surface area contributed by atoms with Crippen molar-refractivity contribution in [1.82, 2.24) is 4.90 Å². The van der Waals surface area contributed by atoms with E-state index in [-0.39, 0.29) is 11.8 Å². The van der Waals surface area contributed by atoms with Crippen LogP contribution in [-0.2, 0) is 14.3 Å². The van der Waals surface area contributed by atoms with E-state index in [1.54, 1.807) is 24.3 Å². The molecule has 1 N–H and O–H groups in total. The lowest BCUT2D eigenvalue weighted by atomic mass is 9.96. The molecule has 0 bridgehead atoms. The Morgan fingerprint density at radius 1 is 1.20 bits per heavy atom. The maximum Gasteiger partial charge on any atom is 0.337 e. The molecule has 0 unspecified atom stereocenters. The molecule has 1 saturated heterocycles. The first-order valence-corrected chi connectivity index (χ1v) is 8.75. The predicted molar refractivity (Wildman–Crippen MR) is 93.1 cm³/mol. The fourth-order valence-electron chi connectivity index (χ4n) is 3.27. The van der Waals surface area contributed by atoms with E-state index in [1.807, 2.05) is 4.90 Å². The summed E-state index contributed by atoms with van der Waals surface area (Å²) in [5.41, 5.74) is -0.0669. The van der Waals surface area contributed by atoms with E-state index in [4.69, 9.17) is 0 Å². The standard InChI is InChI=1S/C19H24N2O4/c1-13-6-10-21(11-7-13)18(24)19(8-9-19)17(23)20-15-5-3-4-14(12-15)16(22)25-2/h3-5,12-13H,6-11H2,1-2H3,(H,20,23). The molecule has 1 aromatic carbocycles. The monoisotopic (exact) mass is 344 g/mol. The van der Waals surface area contributed by atoms with Crippen LogP contribution in [0.1, 0.15) is 43.0 Å². The van der Waals surface area contributed by atoms with Gasteiger partial charge in [0.25, 0.3) is 0 Å². The highest BCUT2D eigenvalue weighted by Gasteiger charge is 2.58. The number of ether oxygens (including phenoxy) is 1. The van der Waals surface area contributed by atoms with Crippen LogP contribution in [0.25, 0.3) is 0 Å². The Labute approximate surface area is 147 Å². The Morgan fingerprint density at radius 2 is 1.88 bits per heavy atom. The SMILES string of the molecule is COC(=O)c1cccc(NC(=O)C2(C(=O)N3CCC(C)CC3)CC2)c1. The fourth-order valence-corrected chi connectivity index (χ4v) is 3.27. The predicted octanol–water partition coefficient (Wildman–Crippen LogP) is 2.45. The molecule has 1 aliphatic heterocycles. The Hall–Kier alpha value is -2.37. The number of carbonyl (C=O) groups excluding carboxylic acids is 3. The minimum absolute atomic E-state index is 0.0546. The molecule has 1 aliphatic carbocycles. The summed E-state index contributed by atoms with van der Waals surface area (Å²) in [5.74, 6) is -0.163. The first kappa shape index (κ1) is 17.5. The van der Waals surface area contributed by atoms with Gasteiger partial charge in [0.05, 0.1) is 12.7 Å². The van der Waals surface area contributed by atoms with Crippen LogP contribution < -0.4 is 5.32 Å². The topological polar surface area (TPSA) is 75.7 Å². The maximum absolute atomic E-state index is 12.8. The fraction of sp³-hybridized carbons (Fsp3) is 0.526. The number of rotatable bonds is 4. The van der Waals surface area contributed by atoms with Gasteiger partial charge in [0.2, 0.25) is 11.8 Å². The third kappa shape index (κ3) is 3.52. The molecule has 134 valence electrons. The number of likely N-dealkylation sites (tertiary alicyclic amines) is 1. The van der Waals surface area contributed by atoms with Gasteiger partial charge < -0.3 is 15.0 Å². The number of nitrogens with one attached hydrogen (secondary N) is 1. The Balaban J connectivity index is 1.68. The number of piperidine rings is 1. The average Bonchev–Trinajstić information content (AvgIpc) is 3.43. The molecule has 1 aromatic rings. The average molecular weight is 344 g/mol. The molecule has 6 nitrogen and oxygen atoms in total. The first-order valence-electron chi connectivity index (χ1n) is 8.75. The molecule has 0 radical (unpaired) electrons. The molecule has 3 rings (SSSR count). The van der Waals surface area contributed by atoms with Gasteiger partial charge in [-0.3, -0.25) is 9.59 Å². The van der Waals surface area contributed by atoms with Gasteiger partial charge in [-0.15, -0.1) is 0 Å². The van der Waals surface area contributed by atoms with Gasteiger partial charge in [0.1, 0.15) is 5.41 Å². The van der Waals surface area contributed by atoms with E-state index in [0.29, 0.717) is 30.0 Å². The molecule has 25 heavy (non-hydrogen) atoms. The third-order valence-corrected chi connectivity index (χ3v) is 5.21. The van der Waals surface area contributed by atoms with Crippen LogP contribution in [-0.4, -0.2) is 42.9 Å². The van der Waals surface area contributed by atoms with Crippen LogP contribution in [0.2, 0.25) is 0 Å². The van der Waals surface area contributed by atoms with Crippen molar-refractivity contribution in [3.05, 3.63) is 29.8 Å². The lowest BCUT2D eigenvalue weighted by molar-refractivity contribution is -0.143. The molecule has 0 atom stereocenters. The van der Waals surface area contributed by atoms with Crippen molar-refractivity contribution in [2.75, 3.05) is 25.5 Å². The van der Waals surface area contributed by atoms with Crippen molar-refractivity contribution in [1.29, 1.82) is 0 Å². The third-order valence-electron chi connectivity index (χ3n) is 5.21. The Morgan fingerprint density at radius 3 is 2.48 bits per heavy atom. The summed E-state index contributed by atoms with van der Waals surface area (Å²) >= 11 is 0. The van der Waals surface area contributed by atoms with Gasteiger partial charge in [0.15, 0.2) is 0 Å². The highest BCUT2D eigenvalue weighted by Crippen LogP contribution is 2.48. The number of esters is 1. The van der Waals surface area contributed by atoms with Gasteiger partial charge in [-0.05, 0) is 49.8 Å². The van der Waals surface area contributed by atoms with Crippen LogP contribution in [0.3, 0.4) is 0 Å². The van der Waals surface area contributed by atoms with Gasteiger partial charge in [-0.1, -0.05) is 13.0 Å². The van der Waals surface area contributed by atoms with Crippen molar-refractivity contribution in [2.24, 2.45) is 11.3 Å².